The molecule has 0 aromatic heterocycles. The zero-order valence-electron chi connectivity index (χ0n) is 11.1. The number of methoxy groups -OCH3 is 1. The molecule has 0 saturated carbocycles. The third kappa shape index (κ3) is 2.63. The van der Waals surface area contributed by atoms with Gasteiger partial charge in [-0.2, -0.15) is 0 Å². The van der Waals surface area contributed by atoms with Gasteiger partial charge in [0.05, 0.1) is 13.2 Å². The normalized spacial score (nSPS) is 12.2. The van der Waals surface area contributed by atoms with Crippen LogP contribution in [0.25, 0.3) is 0 Å². The van der Waals surface area contributed by atoms with E-state index >= 15 is 0 Å². The molecule has 1 atom stereocenters. The molecule has 5 heteroatoms. The Morgan fingerprint density at radius 2 is 1.60 bits per heavy atom. The van der Waals surface area contributed by atoms with Crippen molar-refractivity contribution in [2.45, 2.75) is 6.04 Å². The Balaban J connectivity index is 2.56. The van der Waals surface area contributed by atoms with Gasteiger partial charge in [0.2, 0.25) is 0 Å². The lowest BCUT2D eigenvalue weighted by atomic mass is 9.97. The first kappa shape index (κ1) is 14.4. The molecule has 1 unspecified atom stereocenters. The van der Waals surface area contributed by atoms with Crippen LogP contribution in [0.1, 0.15) is 17.2 Å². The minimum absolute atomic E-state index is 0.0761. The van der Waals surface area contributed by atoms with Crippen molar-refractivity contribution in [1.29, 1.82) is 0 Å². The van der Waals surface area contributed by atoms with Crippen LogP contribution in [-0.4, -0.2) is 14.2 Å². The molecule has 2 aromatic carbocycles. The lowest BCUT2D eigenvalue weighted by Crippen LogP contribution is -2.21. The zero-order valence-corrected chi connectivity index (χ0v) is 11.1. The topological polar surface area (TPSA) is 21.3 Å². The largest absolute Gasteiger partial charge is 0.497 e. The average Bonchev–Trinajstić information content (AvgIpc) is 2.43. The van der Waals surface area contributed by atoms with Gasteiger partial charge in [0.1, 0.15) is 23.2 Å². The minimum Gasteiger partial charge on any atom is -0.497 e. The first-order valence-corrected chi connectivity index (χ1v) is 6.03. The summed E-state index contributed by atoms with van der Waals surface area (Å²) in [6.45, 7) is 0. The van der Waals surface area contributed by atoms with Crippen LogP contribution in [0, 0.1) is 17.5 Å². The predicted molar refractivity (Wildman–Crippen MR) is 70.2 cm³/mol. The number of halogens is 3. The van der Waals surface area contributed by atoms with Crippen LogP contribution < -0.4 is 10.1 Å². The molecule has 0 aliphatic carbocycles. The van der Waals surface area contributed by atoms with Crippen molar-refractivity contribution >= 4 is 0 Å². The van der Waals surface area contributed by atoms with E-state index < -0.39 is 23.5 Å². The Labute approximate surface area is 115 Å². The molecule has 0 saturated heterocycles. The Hall–Kier alpha value is -2.01. The third-order valence-corrected chi connectivity index (χ3v) is 3.08. The second kappa shape index (κ2) is 5.96. The molecule has 0 heterocycles. The maximum atomic E-state index is 14.1. The first-order chi connectivity index (χ1) is 9.58. The summed E-state index contributed by atoms with van der Waals surface area (Å²) in [6.07, 6.45) is 0. The standard InChI is InChI=1S/C15H14F3NO/c1-19-15(10-5-3-4-6-11(10)16)14-12(17)7-9(20-2)8-13(14)18/h3-8,15,19H,1-2H3. The third-order valence-electron chi connectivity index (χ3n) is 3.08. The smallest absolute Gasteiger partial charge is 0.134 e. The van der Waals surface area contributed by atoms with Crippen LogP contribution in [-0.2, 0) is 0 Å². The molecule has 1 N–H and O–H groups in total. The quantitative estimate of drug-likeness (QED) is 0.927. The summed E-state index contributed by atoms with van der Waals surface area (Å²) in [4.78, 5) is 0. The molecule has 20 heavy (non-hydrogen) atoms. The fourth-order valence-electron chi connectivity index (χ4n) is 2.12. The number of ether oxygens (including phenoxy) is 1. The maximum Gasteiger partial charge on any atom is 0.134 e. The fraction of sp³-hybridized carbons (Fsp3) is 0.200. The van der Waals surface area contributed by atoms with E-state index in [-0.39, 0.29) is 16.9 Å². The zero-order chi connectivity index (χ0) is 14.7. The van der Waals surface area contributed by atoms with E-state index in [9.17, 15) is 13.2 Å². The van der Waals surface area contributed by atoms with Gasteiger partial charge in [-0.1, -0.05) is 18.2 Å². The van der Waals surface area contributed by atoms with Crippen LogP contribution in [0.5, 0.6) is 5.75 Å². The van der Waals surface area contributed by atoms with Crippen molar-refractivity contribution in [2.24, 2.45) is 0 Å². The number of hydrogen-bond donors (Lipinski definition) is 1. The molecule has 0 aliphatic rings. The summed E-state index contributed by atoms with van der Waals surface area (Å²) in [5.74, 6) is -2.03. The van der Waals surface area contributed by atoms with Crippen molar-refractivity contribution in [1.82, 2.24) is 5.32 Å². The molecular weight excluding hydrogens is 267 g/mol. The number of nitrogens with one attached hydrogen (secondary N) is 1. The van der Waals surface area contributed by atoms with E-state index in [0.29, 0.717) is 0 Å². The molecule has 2 rings (SSSR count). The van der Waals surface area contributed by atoms with E-state index in [1.807, 2.05) is 0 Å². The highest BCUT2D eigenvalue weighted by molar-refractivity contribution is 5.38. The lowest BCUT2D eigenvalue weighted by Gasteiger charge is -2.19. The van der Waals surface area contributed by atoms with Crippen molar-refractivity contribution < 1.29 is 17.9 Å². The van der Waals surface area contributed by atoms with Crippen molar-refractivity contribution in [2.75, 3.05) is 14.2 Å². The SMILES string of the molecule is CNC(c1ccccc1F)c1c(F)cc(OC)cc1F. The first-order valence-electron chi connectivity index (χ1n) is 6.03. The van der Waals surface area contributed by atoms with Gasteiger partial charge in [0.15, 0.2) is 0 Å². The van der Waals surface area contributed by atoms with Crippen molar-refractivity contribution in [3.63, 3.8) is 0 Å². The summed E-state index contributed by atoms with van der Waals surface area (Å²) < 4.78 is 46.8. The number of rotatable bonds is 4. The summed E-state index contributed by atoms with van der Waals surface area (Å²) >= 11 is 0. The van der Waals surface area contributed by atoms with Gasteiger partial charge in [-0.15, -0.1) is 0 Å². The molecule has 2 aromatic rings. The molecule has 2 nitrogen and oxygen atoms in total. The number of hydrogen-bond acceptors (Lipinski definition) is 2. The van der Waals surface area contributed by atoms with Gasteiger partial charge >= 0.3 is 0 Å². The van der Waals surface area contributed by atoms with Gasteiger partial charge in [-0.25, -0.2) is 13.2 Å². The highest BCUT2D eigenvalue weighted by Gasteiger charge is 2.23. The van der Waals surface area contributed by atoms with E-state index in [1.165, 1.54) is 32.4 Å². The Morgan fingerprint density at radius 1 is 1.00 bits per heavy atom. The van der Waals surface area contributed by atoms with Crippen molar-refractivity contribution in [3.05, 3.63) is 65.0 Å². The van der Waals surface area contributed by atoms with Gasteiger partial charge in [0.25, 0.3) is 0 Å². The van der Waals surface area contributed by atoms with Crippen LogP contribution in [0.15, 0.2) is 36.4 Å². The Bertz CT molecular complexity index is 593. The van der Waals surface area contributed by atoms with Gasteiger partial charge < -0.3 is 10.1 Å². The van der Waals surface area contributed by atoms with Crippen LogP contribution in [0.2, 0.25) is 0 Å². The summed E-state index contributed by atoms with van der Waals surface area (Å²) in [6, 6.07) is 7.10. The predicted octanol–water partition coefficient (Wildman–Crippen LogP) is 3.42. The summed E-state index contributed by atoms with van der Waals surface area (Å²) in [5.41, 5.74) is -0.0589. The van der Waals surface area contributed by atoms with E-state index in [1.54, 1.807) is 6.07 Å². The van der Waals surface area contributed by atoms with Crippen LogP contribution in [0.4, 0.5) is 13.2 Å². The van der Waals surface area contributed by atoms with Crippen LogP contribution in [0.3, 0.4) is 0 Å². The monoisotopic (exact) mass is 281 g/mol. The van der Waals surface area contributed by atoms with Gasteiger partial charge in [-0.05, 0) is 13.1 Å². The average molecular weight is 281 g/mol. The molecular formula is C15H14F3NO. The second-order valence-electron chi connectivity index (χ2n) is 4.25. The molecule has 0 fully saturated rings. The molecule has 0 amide bonds. The molecule has 0 bridgehead atoms. The minimum atomic E-state index is -0.915. The van der Waals surface area contributed by atoms with Crippen molar-refractivity contribution in [3.8, 4) is 5.75 Å². The molecule has 0 spiro atoms. The summed E-state index contributed by atoms with van der Waals surface area (Å²) in [7, 11) is 2.83. The Kier molecular flexibility index (Phi) is 4.29. The van der Waals surface area contributed by atoms with Gasteiger partial charge in [-0.3, -0.25) is 0 Å². The molecule has 0 aliphatic heterocycles. The highest BCUT2D eigenvalue weighted by Crippen LogP contribution is 2.30. The molecule has 106 valence electrons. The Morgan fingerprint density at radius 3 is 2.10 bits per heavy atom. The second-order valence-corrected chi connectivity index (χ2v) is 4.25. The maximum absolute atomic E-state index is 14.1. The number of benzene rings is 2. The van der Waals surface area contributed by atoms with E-state index in [0.717, 1.165) is 12.1 Å². The van der Waals surface area contributed by atoms with Crippen LogP contribution >= 0.6 is 0 Å². The van der Waals surface area contributed by atoms with E-state index in [2.05, 4.69) is 5.32 Å². The molecule has 0 radical (unpaired) electrons. The highest BCUT2D eigenvalue weighted by atomic mass is 19.1. The lowest BCUT2D eigenvalue weighted by molar-refractivity contribution is 0.403. The van der Waals surface area contributed by atoms with E-state index in [4.69, 9.17) is 4.74 Å². The fourth-order valence-corrected chi connectivity index (χ4v) is 2.12. The van der Waals surface area contributed by atoms with Gasteiger partial charge in [0, 0.05) is 23.3 Å². The summed E-state index contributed by atoms with van der Waals surface area (Å²) in [5, 5.41) is 2.73.